The van der Waals surface area contributed by atoms with Crippen LogP contribution in [0.5, 0.6) is 0 Å². The molecule has 1 unspecified atom stereocenters. The maximum atomic E-state index is 13.6. The molecule has 0 saturated carbocycles. The average Bonchev–Trinajstić information content (AvgIpc) is 2.71. The van der Waals surface area contributed by atoms with Crippen LogP contribution in [0, 0.1) is 12.8 Å². The number of carbonyl (C=O) groups is 1. The number of halogens is 4. The van der Waals surface area contributed by atoms with Gasteiger partial charge in [-0.05, 0) is 61.6 Å². The fraction of sp³-hybridized carbons (Fsp3) is 0.261. The maximum absolute atomic E-state index is 13.6. The van der Waals surface area contributed by atoms with Crippen molar-refractivity contribution in [1.29, 1.82) is 0 Å². The fourth-order valence-corrected chi connectivity index (χ4v) is 3.61. The molecule has 0 fully saturated rings. The Morgan fingerprint density at radius 1 is 1.17 bits per heavy atom. The lowest BCUT2D eigenvalue weighted by atomic mass is 9.94. The van der Waals surface area contributed by atoms with Gasteiger partial charge in [0.05, 0.1) is 16.8 Å². The molecule has 3 rings (SSSR count). The molecule has 2 aromatic carbocycles. The lowest BCUT2D eigenvalue weighted by Gasteiger charge is -2.31. The van der Waals surface area contributed by atoms with E-state index in [-0.39, 0.29) is 11.5 Å². The van der Waals surface area contributed by atoms with Gasteiger partial charge >= 0.3 is 6.18 Å². The first-order valence-corrected chi connectivity index (χ1v) is 9.75. The number of hydrogen-bond donors (Lipinski definition) is 0. The van der Waals surface area contributed by atoms with Gasteiger partial charge in [0, 0.05) is 10.7 Å². The Labute approximate surface area is 173 Å². The van der Waals surface area contributed by atoms with Crippen LogP contribution >= 0.6 is 11.6 Å². The topological polar surface area (TPSA) is 20.3 Å². The van der Waals surface area contributed by atoms with E-state index in [2.05, 4.69) is 0 Å². The summed E-state index contributed by atoms with van der Waals surface area (Å²) < 4.78 is 40.7. The molecule has 1 amide bonds. The molecule has 152 valence electrons. The SMILES string of the molecule is CCC1C=CC=C(N(C(=O)c2ccccc2C(F)(F)F)c2cccc(Cl)c2C)C1. The van der Waals surface area contributed by atoms with E-state index in [4.69, 9.17) is 11.6 Å². The number of benzene rings is 2. The fourth-order valence-electron chi connectivity index (χ4n) is 3.44. The third-order valence-electron chi connectivity index (χ3n) is 5.10. The van der Waals surface area contributed by atoms with Gasteiger partial charge in [-0.15, -0.1) is 0 Å². The van der Waals surface area contributed by atoms with E-state index in [1.807, 2.05) is 19.1 Å². The molecular weight excluding hydrogens is 399 g/mol. The van der Waals surface area contributed by atoms with Crippen LogP contribution in [0.3, 0.4) is 0 Å². The van der Waals surface area contributed by atoms with Crippen molar-refractivity contribution in [2.75, 3.05) is 4.90 Å². The number of anilines is 1. The third-order valence-corrected chi connectivity index (χ3v) is 5.51. The van der Waals surface area contributed by atoms with Gasteiger partial charge in [0.2, 0.25) is 0 Å². The minimum Gasteiger partial charge on any atom is -0.280 e. The molecule has 29 heavy (non-hydrogen) atoms. The summed E-state index contributed by atoms with van der Waals surface area (Å²) in [5.41, 5.74) is 0.426. The minimum atomic E-state index is -4.63. The van der Waals surface area contributed by atoms with Crippen LogP contribution in [0.4, 0.5) is 18.9 Å². The highest BCUT2D eigenvalue weighted by Gasteiger charge is 2.37. The van der Waals surface area contributed by atoms with E-state index in [0.29, 0.717) is 28.4 Å². The van der Waals surface area contributed by atoms with Crippen molar-refractivity contribution >= 4 is 23.2 Å². The summed E-state index contributed by atoms with van der Waals surface area (Å²) in [7, 11) is 0. The molecule has 0 saturated heterocycles. The quantitative estimate of drug-likeness (QED) is 0.513. The molecule has 1 aliphatic carbocycles. The molecule has 2 aromatic rings. The summed E-state index contributed by atoms with van der Waals surface area (Å²) in [6, 6.07) is 9.96. The van der Waals surface area contributed by atoms with Gasteiger partial charge in [0.25, 0.3) is 5.91 Å². The van der Waals surface area contributed by atoms with Gasteiger partial charge < -0.3 is 0 Å². The van der Waals surface area contributed by atoms with E-state index in [1.54, 1.807) is 31.2 Å². The molecule has 0 radical (unpaired) electrons. The van der Waals surface area contributed by atoms with Crippen LogP contribution < -0.4 is 4.90 Å². The summed E-state index contributed by atoms with van der Waals surface area (Å²) in [5.74, 6) is -0.512. The standard InChI is InChI=1S/C23H21ClF3NO/c1-3-16-8-6-9-17(14-16)28(21-13-7-12-20(24)15(21)2)22(29)18-10-4-5-11-19(18)23(25,26)27/h4-13,16H,3,14H2,1-2H3. The summed E-state index contributed by atoms with van der Waals surface area (Å²) in [5, 5.41) is 0.448. The molecule has 0 heterocycles. The molecular formula is C23H21ClF3NO. The largest absolute Gasteiger partial charge is 0.417 e. The summed E-state index contributed by atoms with van der Waals surface area (Å²) in [6.07, 6.45) is 2.46. The Hall–Kier alpha value is -2.53. The number of alkyl halides is 3. The molecule has 1 atom stereocenters. The van der Waals surface area contributed by atoms with Gasteiger partial charge in [0.1, 0.15) is 0 Å². The number of rotatable bonds is 4. The first kappa shape index (κ1) is 21.2. The molecule has 0 spiro atoms. The van der Waals surface area contributed by atoms with Crippen LogP contribution in [0.2, 0.25) is 5.02 Å². The van der Waals surface area contributed by atoms with Crippen LogP contribution in [-0.2, 0) is 6.18 Å². The van der Waals surface area contributed by atoms with Gasteiger partial charge in [-0.2, -0.15) is 13.2 Å². The van der Waals surface area contributed by atoms with E-state index in [9.17, 15) is 18.0 Å². The van der Waals surface area contributed by atoms with Crippen LogP contribution in [0.25, 0.3) is 0 Å². The number of amides is 1. The highest BCUT2D eigenvalue weighted by Crippen LogP contribution is 2.37. The summed E-state index contributed by atoms with van der Waals surface area (Å²) in [6.45, 7) is 3.79. The van der Waals surface area contributed by atoms with E-state index in [1.165, 1.54) is 23.1 Å². The highest BCUT2D eigenvalue weighted by atomic mass is 35.5. The van der Waals surface area contributed by atoms with Crippen LogP contribution in [0.15, 0.2) is 66.4 Å². The summed E-state index contributed by atoms with van der Waals surface area (Å²) >= 11 is 6.26. The number of hydrogen-bond acceptors (Lipinski definition) is 1. The zero-order valence-corrected chi connectivity index (χ0v) is 16.9. The molecule has 0 aromatic heterocycles. The van der Waals surface area contributed by atoms with Gasteiger partial charge in [-0.3, -0.25) is 9.69 Å². The van der Waals surface area contributed by atoms with Crippen molar-refractivity contribution < 1.29 is 18.0 Å². The normalized spacial score (nSPS) is 16.5. The number of carbonyl (C=O) groups excluding carboxylic acids is 1. The Balaban J connectivity index is 2.17. The third kappa shape index (κ3) is 4.40. The van der Waals surface area contributed by atoms with Crippen molar-refractivity contribution in [3.63, 3.8) is 0 Å². The second-order valence-corrected chi connectivity index (χ2v) is 7.39. The van der Waals surface area contributed by atoms with Crippen molar-refractivity contribution in [3.8, 4) is 0 Å². The lowest BCUT2D eigenvalue weighted by Crippen LogP contribution is -2.33. The van der Waals surface area contributed by atoms with Crippen molar-refractivity contribution in [1.82, 2.24) is 0 Å². The summed E-state index contributed by atoms with van der Waals surface area (Å²) in [4.78, 5) is 14.9. The number of nitrogens with zero attached hydrogens (tertiary/aromatic N) is 1. The van der Waals surface area contributed by atoms with Gasteiger partial charge in [-0.25, -0.2) is 0 Å². The predicted molar refractivity (Wildman–Crippen MR) is 110 cm³/mol. The van der Waals surface area contributed by atoms with Crippen molar-refractivity contribution in [3.05, 3.63) is 88.1 Å². The molecule has 0 bridgehead atoms. The number of allylic oxidation sites excluding steroid dienone is 4. The Bertz CT molecular complexity index is 978. The second-order valence-electron chi connectivity index (χ2n) is 6.98. The Kier molecular flexibility index (Phi) is 6.18. The first-order valence-electron chi connectivity index (χ1n) is 9.37. The van der Waals surface area contributed by atoms with Gasteiger partial charge in [0.15, 0.2) is 0 Å². The predicted octanol–water partition coefficient (Wildman–Crippen LogP) is 7.18. The highest BCUT2D eigenvalue weighted by molar-refractivity contribution is 6.32. The zero-order valence-electron chi connectivity index (χ0n) is 16.1. The smallest absolute Gasteiger partial charge is 0.280 e. The Morgan fingerprint density at radius 2 is 1.90 bits per heavy atom. The van der Waals surface area contributed by atoms with Crippen molar-refractivity contribution in [2.45, 2.75) is 32.9 Å². The van der Waals surface area contributed by atoms with E-state index < -0.39 is 17.6 Å². The maximum Gasteiger partial charge on any atom is 0.417 e. The first-order chi connectivity index (χ1) is 13.7. The molecule has 6 heteroatoms. The monoisotopic (exact) mass is 419 g/mol. The minimum absolute atomic E-state index is 0.211. The second kappa shape index (κ2) is 8.46. The molecule has 2 nitrogen and oxygen atoms in total. The van der Waals surface area contributed by atoms with Crippen LogP contribution in [0.1, 0.15) is 41.3 Å². The van der Waals surface area contributed by atoms with Gasteiger partial charge in [-0.1, -0.05) is 48.9 Å². The van der Waals surface area contributed by atoms with Crippen LogP contribution in [-0.4, -0.2) is 5.91 Å². The Morgan fingerprint density at radius 3 is 2.59 bits per heavy atom. The molecule has 0 aliphatic heterocycles. The molecule has 1 aliphatic rings. The zero-order chi connectivity index (χ0) is 21.2. The van der Waals surface area contributed by atoms with E-state index in [0.717, 1.165) is 12.5 Å². The van der Waals surface area contributed by atoms with E-state index >= 15 is 0 Å². The molecule has 0 N–H and O–H groups in total. The average molecular weight is 420 g/mol. The van der Waals surface area contributed by atoms with Crippen molar-refractivity contribution in [2.24, 2.45) is 5.92 Å². The lowest BCUT2D eigenvalue weighted by molar-refractivity contribution is -0.137.